The van der Waals surface area contributed by atoms with E-state index in [0.717, 1.165) is 28.0 Å². The molecule has 2 N–H and O–H groups in total. The van der Waals surface area contributed by atoms with Crippen LogP contribution in [0.1, 0.15) is 5.56 Å². The third-order valence-corrected chi connectivity index (χ3v) is 3.29. The molecule has 0 aliphatic rings. The minimum Gasteiger partial charge on any atom is -0.497 e. The third-order valence-electron chi connectivity index (χ3n) is 3.29. The molecule has 3 aromatic rings. The van der Waals surface area contributed by atoms with Gasteiger partial charge in [0.1, 0.15) is 23.9 Å². The molecule has 4 heteroatoms. The highest BCUT2D eigenvalue weighted by molar-refractivity contribution is 5.81. The topological polar surface area (TPSA) is 57.4 Å². The number of hydrogen-bond acceptors (Lipinski definition) is 4. The molecule has 0 aliphatic heterocycles. The Labute approximate surface area is 123 Å². The van der Waals surface area contributed by atoms with E-state index < -0.39 is 0 Å². The quantitative estimate of drug-likeness (QED) is 0.795. The summed E-state index contributed by atoms with van der Waals surface area (Å²) >= 11 is 0. The second kappa shape index (κ2) is 5.71. The number of methoxy groups -OCH3 is 1. The second-order valence-corrected chi connectivity index (χ2v) is 4.69. The molecule has 4 nitrogen and oxygen atoms in total. The molecule has 3 rings (SSSR count). The molecule has 0 radical (unpaired) electrons. The van der Waals surface area contributed by atoms with Crippen molar-refractivity contribution in [2.24, 2.45) is 0 Å². The van der Waals surface area contributed by atoms with Gasteiger partial charge in [-0.05, 0) is 36.4 Å². The van der Waals surface area contributed by atoms with Crippen LogP contribution in [0.4, 0.5) is 5.82 Å². The van der Waals surface area contributed by atoms with Crippen molar-refractivity contribution in [3.63, 3.8) is 0 Å². The molecule has 1 aromatic heterocycles. The fourth-order valence-electron chi connectivity index (χ4n) is 2.12. The van der Waals surface area contributed by atoms with Crippen molar-refractivity contribution in [3.8, 4) is 11.5 Å². The largest absolute Gasteiger partial charge is 0.497 e. The molecule has 21 heavy (non-hydrogen) atoms. The van der Waals surface area contributed by atoms with Gasteiger partial charge in [-0.3, -0.25) is 0 Å². The Balaban J connectivity index is 1.79. The van der Waals surface area contributed by atoms with Gasteiger partial charge in [-0.15, -0.1) is 0 Å². The number of pyridine rings is 1. The molecule has 2 aromatic carbocycles. The first-order valence-electron chi connectivity index (χ1n) is 6.67. The molecule has 0 aliphatic carbocycles. The van der Waals surface area contributed by atoms with Crippen LogP contribution in [-0.4, -0.2) is 12.1 Å². The zero-order chi connectivity index (χ0) is 14.7. The standard InChI is InChI=1S/C17H16N2O2/c1-20-14-6-8-15(9-7-14)21-11-13-10-12-4-2-3-5-16(12)19-17(13)18/h2-10H,11H2,1H3,(H2,18,19). The number of nitrogens with two attached hydrogens (primary N) is 1. The molecule has 0 saturated heterocycles. The summed E-state index contributed by atoms with van der Waals surface area (Å²) < 4.78 is 10.9. The van der Waals surface area contributed by atoms with Crippen LogP contribution in [0.25, 0.3) is 10.9 Å². The summed E-state index contributed by atoms with van der Waals surface area (Å²) in [6.07, 6.45) is 0. The van der Waals surface area contributed by atoms with E-state index in [0.29, 0.717) is 12.4 Å². The maximum atomic E-state index is 5.99. The van der Waals surface area contributed by atoms with Crippen molar-refractivity contribution in [2.75, 3.05) is 12.8 Å². The predicted octanol–water partition coefficient (Wildman–Crippen LogP) is 3.40. The van der Waals surface area contributed by atoms with Gasteiger partial charge in [0.25, 0.3) is 0 Å². The first kappa shape index (κ1) is 13.2. The van der Waals surface area contributed by atoms with Crippen molar-refractivity contribution in [1.29, 1.82) is 0 Å². The normalized spacial score (nSPS) is 10.5. The molecule has 1 heterocycles. The number of benzene rings is 2. The number of fused-ring (bicyclic) bond motifs is 1. The Hall–Kier alpha value is -2.75. The number of nitrogens with zero attached hydrogens (tertiary/aromatic N) is 1. The van der Waals surface area contributed by atoms with Crippen molar-refractivity contribution < 1.29 is 9.47 Å². The number of rotatable bonds is 4. The van der Waals surface area contributed by atoms with Gasteiger partial charge in [-0.2, -0.15) is 0 Å². The number of ether oxygens (including phenoxy) is 2. The summed E-state index contributed by atoms with van der Waals surface area (Å²) in [5, 5.41) is 1.06. The number of hydrogen-bond donors (Lipinski definition) is 1. The van der Waals surface area contributed by atoms with Crippen LogP contribution in [0.5, 0.6) is 11.5 Å². The van der Waals surface area contributed by atoms with Crippen LogP contribution in [-0.2, 0) is 6.61 Å². The van der Waals surface area contributed by atoms with Gasteiger partial charge < -0.3 is 15.2 Å². The summed E-state index contributed by atoms with van der Waals surface area (Å²) in [6, 6.07) is 17.3. The Morgan fingerprint density at radius 3 is 2.48 bits per heavy atom. The van der Waals surface area contributed by atoms with Crippen LogP contribution < -0.4 is 15.2 Å². The molecular formula is C17H16N2O2. The zero-order valence-electron chi connectivity index (χ0n) is 11.7. The molecule has 0 amide bonds. The lowest BCUT2D eigenvalue weighted by atomic mass is 10.1. The lowest BCUT2D eigenvalue weighted by molar-refractivity contribution is 0.306. The highest BCUT2D eigenvalue weighted by atomic mass is 16.5. The SMILES string of the molecule is COc1ccc(OCc2cc3ccccc3nc2N)cc1. The molecule has 106 valence electrons. The lowest BCUT2D eigenvalue weighted by Crippen LogP contribution is -2.02. The van der Waals surface area contributed by atoms with E-state index in [2.05, 4.69) is 4.98 Å². The van der Waals surface area contributed by atoms with E-state index in [-0.39, 0.29) is 0 Å². The Kier molecular flexibility index (Phi) is 3.60. The van der Waals surface area contributed by atoms with Gasteiger partial charge >= 0.3 is 0 Å². The maximum Gasteiger partial charge on any atom is 0.130 e. The monoisotopic (exact) mass is 280 g/mol. The average molecular weight is 280 g/mol. The van der Waals surface area contributed by atoms with Crippen molar-refractivity contribution >= 4 is 16.7 Å². The highest BCUT2D eigenvalue weighted by Crippen LogP contribution is 2.22. The van der Waals surface area contributed by atoms with Gasteiger partial charge in [0.2, 0.25) is 0 Å². The van der Waals surface area contributed by atoms with E-state index >= 15 is 0 Å². The van der Waals surface area contributed by atoms with E-state index in [1.54, 1.807) is 7.11 Å². The van der Waals surface area contributed by atoms with E-state index in [1.807, 2.05) is 54.6 Å². The Morgan fingerprint density at radius 1 is 1.00 bits per heavy atom. The number of aromatic nitrogens is 1. The summed E-state index contributed by atoms with van der Waals surface area (Å²) in [7, 11) is 1.64. The van der Waals surface area contributed by atoms with E-state index in [1.165, 1.54) is 0 Å². The Morgan fingerprint density at radius 2 is 1.71 bits per heavy atom. The number of para-hydroxylation sites is 1. The van der Waals surface area contributed by atoms with Gasteiger partial charge in [0, 0.05) is 10.9 Å². The molecule has 0 unspecified atom stereocenters. The second-order valence-electron chi connectivity index (χ2n) is 4.69. The smallest absolute Gasteiger partial charge is 0.130 e. The predicted molar refractivity (Wildman–Crippen MR) is 83.5 cm³/mol. The first-order valence-corrected chi connectivity index (χ1v) is 6.67. The van der Waals surface area contributed by atoms with Crippen LogP contribution >= 0.6 is 0 Å². The van der Waals surface area contributed by atoms with Crippen LogP contribution in [0.15, 0.2) is 54.6 Å². The lowest BCUT2D eigenvalue weighted by Gasteiger charge is -2.10. The average Bonchev–Trinajstić information content (AvgIpc) is 2.53. The molecule has 0 fully saturated rings. The molecule has 0 spiro atoms. The van der Waals surface area contributed by atoms with Gasteiger partial charge in [0.05, 0.1) is 12.6 Å². The van der Waals surface area contributed by atoms with Gasteiger partial charge in [-0.25, -0.2) is 4.98 Å². The summed E-state index contributed by atoms with van der Waals surface area (Å²) in [5.41, 5.74) is 7.76. The summed E-state index contributed by atoms with van der Waals surface area (Å²) in [6.45, 7) is 0.385. The third kappa shape index (κ3) is 2.89. The highest BCUT2D eigenvalue weighted by Gasteiger charge is 2.05. The fraction of sp³-hybridized carbons (Fsp3) is 0.118. The van der Waals surface area contributed by atoms with Crippen LogP contribution in [0.3, 0.4) is 0 Å². The fourth-order valence-corrected chi connectivity index (χ4v) is 2.12. The van der Waals surface area contributed by atoms with Gasteiger partial charge in [0.15, 0.2) is 0 Å². The van der Waals surface area contributed by atoms with Crippen molar-refractivity contribution in [2.45, 2.75) is 6.61 Å². The van der Waals surface area contributed by atoms with Crippen LogP contribution in [0, 0.1) is 0 Å². The minimum absolute atomic E-state index is 0.385. The number of anilines is 1. The van der Waals surface area contributed by atoms with E-state index in [9.17, 15) is 0 Å². The number of nitrogen functional groups attached to an aromatic ring is 1. The van der Waals surface area contributed by atoms with Gasteiger partial charge in [-0.1, -0.05) is 18.2 Å². The zero-order valence-corrected chi connectivity index (χ0v) is 11.7. The minimum atomic E-state index is 0.385. The molecule has 0 saturated carbocycles. The van der Waals surface area contributed by atoms with Crippen molar-refractivity contribution in [1.82, 2.24) is 4.98 Å². The van der Waals surface area contributed by atoms with Crippen molar-refractivity contribution in [3.05, 3.63) is 60.2 Å². The molecular weight excluding hydrogens is 264 g/mol. The molecule has 0 bridgehead atoms. The first-order chi connectivity index (χ1) is 10.3. The molecule has 0 atom stereocenters. The Bertz CT molecular complexity index is 754. The summed E-state index contributed by atoms with van der Waals surface area (Å²) in [4.78, 5) is 4.39. The van der Waals surface area contributed by atoms with Crippen LogP contribution in [0.2, 0.25) is 0 Å². The maximum absolute atomic E-state index is 5.99. The van der Waals surface area contributed by atoms with E-state index in [4.69, 9.17) is 15.2 Å². The summed E-state index contributed by atoms with van der Waals surface area (Å²) in [5.74, 6) is 2.07.